The molecule has 0 radical (unpaired) electrons. The summed E-state index contributed by atoms with van der Waals surface area (Å²) in [5, 5.41) is 0. The Hall–Kier alpha value is -6.12. The molecule has 10 saturated carbocycles. The number of carbonyl (C=O) groups is 8. The minimum Gasteiger partial charge on any atom is -0.488 e. The molecule has 12 rings (SSSR count). The molecule has 8 bridgehead atoms. The average molecular weight is 1720 g/mol. The van der Waals surface area contributed by atoms with E-state index in [0.717, 1.165) is 112 Å². The molecule has 123 heavy (non-hydrogen) atoms. The van der Waals surface area contributed by atoms with E-state index in [0.29, 0.717) is 88.6 Å². The van der Waals surface area contributed by atoms with Crippen LogP contribution in [0.1, 0.15) is 335 Å². The van der Waals surface area contributed by atoms with Crippen LogP contribution < -0.4 is 4.74 Å². The lowest BCUT2D eigenvalue weighted by Gasteiger charge is -2.54. The van der Waals surface area contributed by atoms with E-state index in [-0.39, 0.29) is 115 Å². The number of hydrogen-bond donors (Lipinski definition) is 0. The van der Waals surface area contributed by atoms with Gasteiger partial charge in [0, 0.05) is 19.6 Å². The highest BCUT2D eigenvalue weighted by molar-refractivity contribution is 5.84. The third kappa shape index (κ3) is 31.1. The summed E-state index contributed by atoms with van der Waals surface area (Å²) in [5.74, 6) is 4.18. The Morgan fingerprint density at radius 1 is 0.358 bits per heavy atom. The molecule has 5 atom stereocenters. The Kier molecular flexibility index (Phi) is 38.6. The summed E-state index contributed by atoms with van der Waals surface area (Å²) < 4.78 is 52.9. The van der Waals surface area contributed by atoms with Crippen molar-refractivity contribution in [1.82, 2.24) is 14.7 Å². The minimum atomic E-state index is -1.09. The van der Waals surface area contributed by atoms with Crippen molar-refractivity contribution in [3.63, 3.8) is 0 Å². The number of rotatable bonds is 39. The molecule has 698 valence electrons. The fourth-order valence-corrected chi connectivity index (χ4v) is 21.6. The van der Waals surface area contributed by atoms with Crippen molar-refractivity contribution >= 4 is 47.8 Å². The van der Waals surface area contributed by atoms with Gasteiger partial charge in [0.05, 0.1) is 43.3 Å². The molecule has 20 nitrogen and oxygen atoms in total. The van der Waals surface area contributed by atoms with Crippen LogP contribution in [0.3, 0.4) is 0 Å². The van der Waals surface area contributed by atoms with E-state index < -0.39 is 37.9 Å². The van der Waals surface area contributed by atoms with Crippen LogP contribution in [0.5, 0.6) is 5.75 Å². The molecular weight excluding hydrogens is 1550 g/mol. The maximum Gasteiger partial charge on any atom is 0.312 e. The normalized spacial score (nSPS) is 24.8. The topological polar surface area (TPSA) is 229 Å². The van der Waals surface area contributed by atoms with Crippen LogP contribution in [0.4, 0.5) is 0 Å². The summed E-state index contributed by atoms with van der Waals surface area (Å²) in [5.41, 5.74) is -4.50. The second kappa shape index (κ2) is 45.7. The van der Waals surface area contributed by atoms with Gasteiger partial charge in [-0.2, -0.15) is 0 Å². The van der Waals surface area contributed by atoms with Crippen LogP contribution in [0.15, 0.2) is 54.6 Å². The van der Waals surface area contributed by atoms with Crippen molar-refractivity contribution in [1.29, 1.82) is 0 Å². The van der Waals surface area contributed by atoms with Crippen LogP contribution in [0, 0.1) is 90.7 Å². The molecule has 0 spiro atoms. The summed E-state index contributed by atoms with van der Waals surface area (Å²) in [7, 11) is 11.7. The zero-order chi connectivity index (χ0) is 91.3. The SMILES string of the molecule is CCC(C)(C)C(=O)OC1CCCCC1.CCC(C)(CC(C)(C)C(=O)OCCN(C)C)C(=O)OC1CCCCC1.CCC(C)(CC(C)(CC(C)(C)C(=O)OCCN(C)C)C(=O)OC1C2CC3CC(C2)CC1C3)C(=O)OCc1ccccc1.CCC(CC(C)(CC(C)(C)C(=O)OCCN(C)C)C(=O)OC1C2CC3CC(C2)CC1C3)c1ccc(OC(C)(C)C)cc1. The number of hydrogen-bond acceptors (Lipinski definition) is 20. The van der Waals surface area contributed by atoms with E-state index in [1.54, 1.807) is 0 Å². The molecule has 0 aromatic heterocycles. The monoisotopic (exact) mass is 1720 g/mol. The lowest BCUT2D eigenvalue weighted by Crippen LogP contribution is -2.52. The maximum absolute atomic E-state index is 14.4. The van der Waals surface area contributed by atoms with Gasteiger partial charge in [-0.1, -0.05) is 83.0 Å². The van der Waals surface area contributed by atoms with E-state index in [9.17, 15) is 38.4 Å². The molecule has 0 aliphatic heterocycles. The quantitative estimate of drug-likeness (QED) is 0.0447. The standard InChI is InChI=1S/C36H57NO5.C35H53NO6.C20H37NO4.C12H22O2/c1-10-26(27-11-13-30(14-12-27)42-34(2,3)4)22-36(7,23-35(5,6)32(38)40-16-15-37(8)9)33(39)41-31-28-18-24-17-25(20-28)21-29(31)19-24;1-8-34(4,31(38)41-21-24-12-10-9-11-13-24)23-35(5,22-33(2,3)30(37)40-15-14-36(6)7)32(39)42-29-27-17-25-16-26(19-27)20-28(29)18-25;1-7-20(4,18(23)25-16-11-9-8-10-12-16)15-19(2,3)17(22)24-14-13-21(5)6;1-4-12(2,3)11(13)14-10-8-6-5-7-9-10/h11-14,24-26,28-29,31H,10,15-23H2,1-9H3;9-13,25-29H,8,14-23H2,1-7H3;16H,7-15H2,1-6H3;10H,4-9H2,1-3H3. The van der Waals surface area contributed by atoms with Crippen molar-refractivity contribution in [2.24, 2.45) is 90.7 Å². The third-order valence-electron chi connectivity index (χ3n) is 28.8. The van der Waals surface area contributed by atoms with Crippen molar-refractivity contribution in [2.45, 2.75) is 360 Å². The van der Waals surface area contributed by atoms with Gasteiger partial charge in [-0.3, -0.25) is 38.4 Å². The Morgan fingerprint density at radius 2 is 0.707 bits per heavy atom. The molecule has 0 saturated heterocycles. The van der Waals surface area contributed by atoms with Gasteiger partial charge >= 0.3 is 47.8 Å². The molecule has 10 aliphatic carbocycles. The van der Waals surface area contributed by atoms with Gasteiger partial charge in [0.1, 0.15) is 62.2 Å². The molecular formula is C103H169N3O17. The fourth-order valence-electron chi connectivity index (χ4n) is 21.6. The summed E-state index contributed by atoms with van der Waals surface area (Å²) in [4.78, 5) is 112. The summed E-state index contributed by atoms with van der Waals surface area (Å²) in [6.45, 7) is 40.2. The predicted octanol–water partition coefficient (Wildman–Crippen LogP) is 21.2. The molecule has 10 aliphatic rings. The lowest BCUT2D eigenvalue weighted by atomic mass is 9.55. The number of nitrogens with zero attached hydrogens (tertiary/aromatic N) is 3. The lowest BCUT2D eigenvalue weighted by molar-refractivity contribution is -0.188. The van der Waals surface area contributed by atoms with Gasteiger partial charge in [0.25, 0.3) is 0 Å². The van der Waals surface area contributed by atoms with E-state index >= 15 is 0 Å². The zero-order valence-electron chi connectivity index (χ0n) is 81.4. The van der Waals surface area contributed by atoms with Gasteiger partial charge in [-0.15, -0.1) is 0 Å². The number of likely N-dealkylation sites (N-methyl/N-ethyl adjacent to an activating group) is 3. The fraction of sp³-hybridized carbons (Fsp3) is 0.806. The smallest absolute Gasteiger partial charge is 0.312 e. The molecule has 0 amide bonds. The molecule has 2 aromatic rings. The Labute approximate surface area is 743 Å². The highest BCUT2D eigenvalue weighted by Gasteiger charge is 2.57. The minimum absolute atomic E-state index is 0.0214. The first-order valence-electron chi connectivity index (χ1n) is 47.8. The number of esters is 8. The first-order valence-corrected chi connectivity index (χ1v) is 47.8. The van der Waals surface area contributed by atoms with Crippen molar-refractivity contribution in [2.75, 3.05) is 81.7 Å². The Morgan fingerprint density at radius 3 is 1.07 bits per heavy atom. The second-order valence-corrected chi connectivity index (χ2v) is 44.4. The van der Waals surface area contributed by atoms with Crippen molar-refractivity contribution in [3.05, 3.63) is 65.7 Å². The van der Waals surface area contributed by atoms with E-state index in [1.807, 2.05) is 224 Å². The van der Waals surface area contributed by atoms with Crippen LogP contribution in [-0.2, 0) is 82.9 Å². The first kappa shape index (κ1) is 104. The number of benzene rings is 2. The molecule has 0 heterocycles. The second-order valence-electron chi connectivity index (χ2n) is 44.4. The molecule has 5 unspecified atom stereocenters. The summed E-state index contributed by atoms with van der Waals surface area (Å²) >= 11 is 0. The van der Waals surface area contributed by atoms with Crippen LogP contribution in [0.25, 0.3) is 0 Å². The predicted molar refractivity (Wildman–Crippen MR) is 486 cm³/mol. The van der Waals surface area contributed by atoms with Gasteiger partial charge < -0.3 is 57.3 Å². The molecule has 10 fully saturated rings. The number of carbonyl (C=O) groups excluding carboxylic acids is 8. The van der Waals surface area contributed by atoms with E-state index in [4.69, 9.17) is 42.6 Å². The zero-order valence-corrected chi connectivity index (χ0v) is 81.4. The van der Waals surface area contributed by atoms with Crippen molar-refractivity contribution in [3.8, 4) is 5.75 Å². The molecule has 0 N–H and O–H groups in total. The first-order chi connectivity index (χ1) is 57.5. The van der Waals surface area contributed by atoms with E-state index in [1.165, 1.54) is 69.8 Å². The van der Waals surface area contributed by atoms with Crippen LogP contribution in [0.2, 0.25) is 0 Å². The third-order valence-corrected chi connectivity index (χ3v) is 28.8. The molecule has 20 heteroatoms. The highest BCUT2D eigenvalue weighted by Crippen LogP contribution is 2.58. The van der Waals surface area contributed by atoms with Gasteiger partial charge in [0.2, 0.25) is 0 Å². The average Bonchev–Trinajstić information content (AvgIpc) is 0.757. The van der Waals surface area contributed by atoms with Crippen molar-refractivity contribution < 1.29 is 81.0 Å². The number of ether oxygens (including phenoxy) is 9. The van der Waals surface area contributed by atoms with E-state index in [2.05, 4.69) is 19.1 Å². The highest BCUT2D eigenvalue weighted by atomic mass is 16.6. The summed E-state index contributed by atoms with van der Waals surface area (Å²) in [6.07, 6.45) is 28.3. The van der Waals surface area contributed by atoms with Gasteiger partial charge in [0.15, 0.2) is 0 Å². The van der Waals surface area contributed by atoms with Gasteiger partial charge in [-0.25, -0.2) is 0 Å². The van der Waals surface area contributed by atoms with Crippen LogP contribution >= 0.6 is 0 Å². The largest absolute Gasteiger partial charge is 0.488 e. The van der Waals surface area contributed by atoms with Crippen LogP contribution in [-0.4, -0.2) is 174 Å². The summed E-state index contributed by atoms with van der Waals surface area (Å²) in [6, 6.07) is 17.9. The molecule has 2 aromatic carbocycles. The van der Waals surface area contributed by atoms with Gasteiger partial charge in [-0.05, 0) is 396 Å². The Bertz CT molecular complexity index is 3600. The Balaban J connectivity index is 0.000000241. The maximum atomic E-state index is 14.4.